The van der Waals surface area contributed by atoms with Gasteiger partial charge in [0, 0.05) is 41.1 Å². The van der Waals surface area contributed by atoms with Gasteiger partial charge in [-0.15, -0.1) is 11.3 Å². The van der Waals surface area contributed by atoms with Crippen molar-refractivity contribution in [3.8, 4) is 0 Å². The van der Waals surface area contributed by atoms with Gasteiger partial charge in [-0.05, 0) is 47.9 Å². The minimum Gasteiger partial charge on any atom is -0.387 e. The van der Waals surface area contributed by atoms with Crippen LogP contribution in [0.4, 0.5) is 11.4 Å². The van der Waals surface area contributed by atoms with Gasteiger partial charge in [0.25, 0.3) is 0 Å². The van der Waals surface area contributed by atoms with Gasteiger partial charge in [-0.25, -0.2) is 0 Å². The molecule has 7 nitrogen and oxygen atoms in total. The Morgan fingerprint density at radius 2 is 1.94 bits per heavy atom. The third kappa shape index (κ3) is 4.76. The number of nitrogens with one attached hydrogen (secondary N) is 2. The van der Waals surface area contributed by atoms with Crippen molar-refractivity contribution in [2.45, 2.75) is 25.4 Å². The molecule has 1 unspecified atom stereocenters. The Bertz CT molecular complexity index is 1130. The van der Waals surface area contributed by atoms with Crippen LogP contribution < -0.4 is 15.5 Å². The van der Waals surface area contributed by atoms with Crippen LogP contribution in [0.25, 0.3) is 10.1 Å². The fourth-order valence-corrected chi connectivity index (χ4v) is 4.66. The van der Waals surface area contributed by atoms with Gasteiger partial charge in [0.1, 0.15) is 0 Å². The first-order valence-electron chi connectivity index (χ1n) is 10.2. The summed E-state index contributed by atoms with van der Waals surface area (Å²) in [5.41, 5.74) is 1.85. The molecule has 160 valence electrons. The smallest absolute Gasteiger partial charge is 0.313 e. The Morgan fingerprint density at radius 3 is 2.77 bits per heavy atom. The fourth-order valence-electron chi connectivity index (χ4n) is 3.65. The zero-order valence-corrected chi connectivity index (χ0v) is 17.7. The number of aliphatic hydroxyl groups is 1. The van der Waals surface area contributed by atoms with Gasteiger partial charge in [-0.2, -0.15) is 0 Å². The van der Waals surface area contributed by atoms with Gasteiger partial charge in [-0.1, -0.05) is 24.3 Å². The molecule has 0 bridgehead atoms. The predicted octanol–water partition coefficient (Wildman–Crippen LogP) is 3.21. The quantitative estimate of drug-likeness (QED) is 0.534. The van der Waals surface area contributed by atoms with Crippen LogP contribution in [0.5, 0.6) is 0 Å². The molecule has 1 aliphatic rings. The van der Waals surface area contributed by atoms with Crippen LogP contribution in [-0.2, 0) is 14.4 Å². The highest BCUT2D eigenvalue weighted by atomic mass is 32.1. The lowest BCUT2D eigenvalue weighted by atomic mass is 10.1. The molecule has 0 spiro atoms. The van der Waals surface area contributed by atoms with E-state index in [-0.39, 0.29) is 12.5 Å². The Balaban J connectivity index is 1.35. The third-order valence-electron chi connectivity index (χ3n) is 5.27. The average molecular weight is 438 g/mol. The van der Waals surface area contributed by atoms with Gasteiger partial charge < -0.3 is 20.6 Å². The van der Waals surface area contributed by atoms with Crippen molar-refractivity contribution in [1.29, 1.82) is 0 Å². The number of aliphatic hydroxyl groups excluding tert-OH is 1. The first kappa shape index (κ1) is 21.0. The summed E-state index contributed by atoms with van der Waals surface area (Å²) >= 11 is 1.52. The van der Waals surface area contributed by atoms with Gasteiger partial charge in [0.05, 0.1) is 6.10 Å². The summed E-state index contributed by atoms with van der Waals surface area (Å²) in [6.07, 6.45) is 1.42. The summed E-state index contributed by atoms with van der Waals surface area (Å²) in [6, 6.07) is 14.6. The molecule has 0 aliphatic carbocycles. The van der Waals surface area contributed by atoms with Crippen LogP contribution in [0.1, 0.15) is 30.9 Å². The molecule has 4 rings (SSSR count). The van der Waals surface area contributed by atoms with Crippen LogP contribution in [0.15, 0.2) is 53.9 Å². The number of rotatable bonds is 5. The van der Waals surface area contributed by atoms with E-state index in [2.05, 4.69) is 10.6 Å². The number of nitrogens with zero attached hydrogens (tertiary/aromatic N) is 1. The number of thiophene rings is 1. The molecule has 3 N–H and O–H groups in total. The van der Waals surface area contributed by atoms with E-state index < -0.39 is 17.9 Å². The average Bonchev–Trinajstić information content (AvgIpc) is 3.22. The van der Waals surface area contributed by atoms with Crippen molar-refractivity contribution in [1.82, 2.24) is 5.32 Å². The predicted molar refractivity (Wildman–Crippen MR) is 121 cm³/mol. The summed E-state index contributed by atoms with van der Waals surface area (Å²) in [5, 5.41) is 18.3. The third-order valence-corrected chi connectivity index (χ3v) is 6.25. The minimum atomic E-state index is -0.915. The van der Waals surface area contributed by atoms with Crippen molar-refractivity contribution >= 4 is 50.5 Å². The van der Waals surface area contributed by atoms with E-state index in [1.165, 1.54) is 11.3 Å². The summed E-state index contributed by atoms with van der Waals surface area (Å²) in [7, 11) is 0. The van der Waals surface area contributed by atoms with Gasteiger partial charge in [0.2, 0.25) is 5.91 Å². The first-order valence-corrected chi connectivity index (χ1v) is 11.0. The van der Waals surface area contributed by atoms with Crippen molar-refractivity contribution in [3.63, 3.8) is 0 Å². The summed E-state index contributed by atoms with van der Waals surface area (Å²) in [4.78, 5) is 38.3. The number of carbonyl (C=O) groups is 3. The number of hydrogen-bond acceptors (Lipinski definition) is 5. The lowest BCUT2D eigenvalue weighted by Gasteiger charge is -2.27. The van der Waals surface area contributed by atoms with E-state index in [4.69, 9.17) is 0 Å². The van der Waals surface area contributed by atoms with Crippen LogP contribution in [-0.4, -0.2) is 35.9 Å². The summed E-state index contributed by atoms with van der Waals surface area (Å²) < 4.78 is 1.05. The van der Waals surface area contributed by atoms with E-state index in [0.29, 0.717) is 24.3 Å². The Morgan fingerprint density at radius 1 is 1.10 bits per heavy atom. The molecule has 31 heavy (non-hydrogen) atoms. The molecule has 1 aliphatic heterocycles. The molecule has 1 saturated heterocycles. The van der Waals surface area contributed by atoms with Crippen molar-refractivity contribution in [2.24, 2.45) is 0 Å². The molecule has 1 atom stereocenters. The van der Waals surface area contributed by atoms with Crippen LogP contribution in [0.3, 0.4) is 0 Å². The first-order chi connectivity index (χ1) is 15.0. The van der Waals surface area contributed by atoms with Crippen molar-refractivity contribution in [3.05, 3.63) is 59.5 Å². The molecule has 1 aromatic heterocycles. The SMILES string of the molecule is O=C(NCC(O)c1csc2ccccc12)C(=O)Nc1cccc(N2CCCCC2=O)c1. The molecule has 2 aromatic carbocycles. The lowest BCUT2D eigenvalue weighted by molar-refractivity contribution is -0.136. The Labute approximate surface area is 183 Å². The number of piperidine rings is 1. The number of fused-ring (bicyclic) bond motifs is 1. The number of amides is 3. The Hall–Kier alpha value is -3.23. The molecule has 3 aromatic rings. The largest absolute Gasteiger partial charge is 0.387 e. The van der Waals surface area contributed by atoms with Crippen molar-refractivity contribution in [2.75, 3.05) is 23.3 Å². The van der Waals surface area contributed by atoms with E-state index in [1.807, 2.05) is 29.6 Å². The highest BCUT2D eigenvalue weighted by molar-refractivity contribution is 7.17. The number of hydrogen-bond donors (Lipinski definition) is 3. The molecule has 0 radical (unpaired) electrons. The molecule has 0 saturated carbocycles. The normalized spacial score (nSPS) is 15.0. The maximum atomic E-state index is 12.3. The standard InChI is InChI=1S/C23H23N3O4S/c27-19(18-14-31-20-9-2-1-8-17(18)20)13-24-22(29)23(30)25-15-6-5-7-16(12-15)26-11-4-3-10-21(26)28/h1-2,5-9,12,14,19,27H,3-4,10-11,13H2,(H,24,29)(H,25,30). The molecular formula is C23H23N3O4S. The monoisotopic (exact) mass is 437 g/mol. The van der Waals surface area contributed by atoms with Gasteiger partial charge in [-0.3, -0.25) is 14.4 Å². The lowest BCUT2D eigenvalue weighted by Crippen LogP contribution is -2.38. The molecule has 3 amide bonds. The molecule has 8 heteroatoms. The highest BCUT2D eigenvalue weighted by Gasteiger charge is 2.21. The van der Waals surface area contributed by atoms with E-state index >= 15 is 0 Å². The van der Waals surface area contributed by atoms with Gasteiger partial charge in [0.15, 0.2) is 0 Å². The van der Waals surface area contributed by atoms with E-state index in [9.17, 15) is 19.5 Å². The maximum Gasteiger partial charge on any atom is 0.313 e. The van der Waals surface area contributed by atoms with E-state index in [0.717, 1.165) is 28.5 Å². The second kappa shape index (κ2) is 9.28. The second-order valence-corrected chi connectivity index (χ2v) is 8.33. The molecule has 2 heterocycles. The minimum absolute atomic E-state index is 0.0578. The maximum absolute atomic E-state index is 12.3. The fraction of sp³-hybridized carbons (Fsp3) is 0.261. The van der Waals surface area contributed by atoms with E-state index in [1.54, 1.807) is 29.2 Å². The van der Waals surface area contributed by atoms with Crippen LogP contribution in [0.2, 0.25) is 0 Å². The summed E-state index contributed by atoms with van der Waals surface area (Å²) in [6.45, 7) is 0.571. The molecular weight excluding hydrogens is 414 g/mol. The second-order valence-electron chi connectivity index (χ2n) is 7.42. The topological polar surface area (TPSA) is 98.7 Å². The zero-order valence-electron chi connectivity index (χ0n) is 16.8. The Kier molecular flexibility index (Phi) is 6.29. The van der Waals surface area contributed by atoms with Crippen LogP contribution >= 0.6 is 11.3 Å². The molecule has 1 fully saturated rings. The van der Waals surface area contributed by atoms with Crippen LogP contribution in [0, 0.1) is 0 Å². The number of benzene rings is 2. The summed E-state index contributed by atoms with van der Waals surface area (Å²) in [5.74, 6) is -1.61. The zero-order chi connectivity index (χ0) is 21.8. The number of anilines is 2. The van der Waals surface area contributed by atoms with Gasteiger partial charge >= 0.3 is 11.8 Å². The highest BCUT2D eigenvalue weighted by Crippen LogP contribution is 2.30. The number of carbonyl (C=O) groups excluding carboxylic acids is 3. The van der Waals surface area contributed by atoms with Crippen molar-refractivity contribution < 1.29 is 19.5 Å².